The minimum atomic E-state index is -2.82. The third-order valence-corrected chi connectivity index (χ3v) is 6.38. The van der Waals surface area contributed by atoms with E-state index in [0.29, 0.717) is 41.4 Å². The van der Waals surface area contributed by atoms with Crippen LogP contribution in [0.4, 0.5) is 11.8 Å². The largest absolute Gasteiger partial charge is 0.382 e. The molecule has 28 heavy (non-hydrogen) atoms. The lowest BCUT2D eigenvalue weighted by molar-refractivity contribution is 0.345. The number of unbranched alkanes of at least 4 members (excludes halogenated alkanes) is 1. The Kier molecular flexibility index (Phi) is 6.31. The van der Waals surface area contributed by atoms with Crippen molar-refractivity contribution in [2.24, 2.45) is 0 Å². The highest BCUT2D eigenvalue weighted by atomic mass is 31.2. The van der Waals surface area contributed by atoms with Crippen LogP contribution in [0.5, 0.6) is 0 Å². The number of nitrogen functional groups attached to an aromatic ring is 1. The molecule has 9 heteroatoms. The van der Waals surface area contributed by atoms with Gasteiger partial charge in [0.25, 0.3) is 0 Å². The molecular weight excluding hydrogens is 375 g/mol. The van der Waals surface area contributed by atoms with Gasteiger partial charge in [0.05, 0.1) is 19.5 Å². The molecule has 0 aliphatic rings. The Morgan fingerprint density at radius 2 is 2.11 bits per heavy atom. The molecule has 0 saturated carbocycles. The summed E-state index contributed by atoms with van der Waals surface area (Å²) in [6.07, 6.45) is 3.82. The van der Waals surface area contributed by atoms with Crippen molar-refractivity contribution in [1.29, 1.82) is 0 Å². The average Bonchev–Trinajstić information content (AvgIpc) is 3.05. The lowest BCUT2D eigenvalue weighted by Crippen LogP contribution is -2.10. The lowest BCUT2D eigenvalue weighted by Gasteiger charge is -2.14. The Balaban J connectivity index is 1.89. The summed E-state index contributed by atoms with van der Waals surface area (Å²) in [5.74, 6) is 0.856. The van der Waals surface area contributed by atoms with Crippen molar-refractivity contribution in [3.63, 3.8) is 0 Å². The maximum absolute atomic E-state index is 12.7. The molecule has 0 radical (unpaired) electrons. The van der Waals surface area contributed by atoms with Gasteiger partial charge in [0.2, 0.25) is 13.3 Å². The fourth-order valence-corrected chi connectivity index (χ4v) is 4.36. The number of hydrogen-bond donors (Lipinski definition) is 2. The maximum atomic E-state index is 12.7. The number of rotatable bonds is 9. The standard InChI is InChI=1S/C19H27N6O2P/c1-4-6-10-21-19-23-17(20)16-18(24-19)25(13-22-16)12-14-8-7-9-15(11-14)28(3,26)27-5-2/h7-9,11,13H,4-6,10,12H2,1-3H3,(H3,20,21,23,24). The van der Waals surface area contributed by atoms with Crippen LogP contribution in [-0.2, 0) is 15.6 Å². The third kappa shape index (κ3) is 4.51. The molecule has 0 bridgehead atoms. The summed E-state index contributed by atoms with van der Waals surface area (Å²) in [5.41, 5.74) is 8.29. The molecule has 3 aromatic rings. The van der Waals surface area contributed by atoms with E-state index in [1.165, 1.54) is 0 Å². The van der Waals surface area contributed by atoms with Gasteiger partial charge >= 0.3 is 0 Å². The second kappa shape index (κ2) is 8.71. The smallest absolute Gasteiger partial charge is 0.229 e. The molecule has 150 valence electrons. The van der Waals surface area contributed by atoms with E-state index >= 15 is 0 Å². The molecule has 3 N–H and O–H groups in total. The SMILES string of the molecule is CCCCNc1nc(N)c2ncn(Cc3cccc(P(C)(=O)OCC)c3)c2n1. The van der Waals surface area contributed by atoms with Crippen LogP contribution in [0.2, 0.25) is 0 Å². The summed E-state index contributed by atoms with van der Waals surface area (Å²) in [7, 11) is -2.82. The highest BCUT2D eigenvalue weighted by molar-refractivity contribution is 7.66. The Morgan fingerprint density at radius 3 is 2.86 bits per heavy atom. The van der Waals surface area contributed by atoms with E-state index in [4.69, 9.17) is 10.3 Å². The van der Waals surface area contributed by atoms with Crippen LogP contribution in [0.25, 0.3) is 11.2 Å². The first-order valence-corrected chi connectivity index (χ1v) is 11.6. The van der Waals surface area contributed by atoms with E-state index in [2.05, 4.69) is 27.2 Å². The quantitative estimate of drug-likeness (QED) is 0.418. The van der Waals surface area contributed by atoms with Gasteiger partial charge in [0.15, 0.2) is 11.5 Å². The molecule has 0 saturated heterocycles. The normalized spacial score (nSPS) is 13.5. The van der Waals surface area contributed by atoms with Gasteiger partial charge < -0.3 is 20.1 Å². The Hall–Kier alpha value is -2.44. The zero-order chi connectivity index (χ0) is 20.1. The molecule has 8 nitrogen and oxygen atoms in total. The molecule has 3 rings (SSSR count). The van der Waals surface area contributed by atoms with Crippen molar-refractivity contribution >= 4 is 35.6 Å². The first-order chi connectivity index (χ1) is 13.4. The monoisotopic (exact) mass is 402 g/mol. The molecule has 1 atom stereocenters. The molecule has 1 aromatic carbocycles. The summed E-state index contributed by atoms with van der Waals surface area (Å²) in [4.78, 5) is 13.2. The second-order valence-electron chi connectivity index (χ2n) is 6.69. The number of hydrogen-bond acceptors (Lipinski definition) is 7. The maximum Gasteiger partial charge on any atom is 0.229 e. The molecular formula is C19H27N6O2P. The number of fused-ring (bicyclic) bond motifs is 1. The van der Waals surface area contributed by atoms with Crippen LogP contribution < -0.4 is 16.4 Å². The molecule has 0 aliphatic heterocycles. The van der Waals surface area contributed by atoms with Crippen molar-refractivity contribution in [3.8, 4) is 0 Å². The Bertz CT molecular complexity index is 1000. The molecule has 0 aliphatic carbocycles. The van der Waals surface area contributed by atoms with Crippen molar-refractivity contribution in [3.05, 3.63) is 36.2 Å². The number of imidazole rings is 1. The number of nitrogens with two attached hydrogens (primary N) is 1. The van der Waals surface area contributed by atoms with E-state index in [-0.39, 0.29) is 0 Å². The van der Waals surface area contributed by atoms with Gasteiger partial charge in [-0.15, -0.1) is 0 Å². The summed E-state index contributed by atoms with van der Waals surface area (Å²) in [6, 6.07) is 7.61. The Labute approximate surface area is 165 Å². The zero-order valence-corrected chi connectivity index (χ0v) is 17.4. The van der Waals surface area contributed by atoms with E-state index in [9.17, 15) is 4.57 Å². The van der Waals surface area contributed by atoms with Crippen LogP contribution in [0.15, 0.2) is 30.6 Å². The lowest BCUT2D eigenvalue weighted by atomic mass is 10.2. The van der Waals surface area contributed by atoms with Gasteiger partial charge in [-0.2, -0.15) is 9.97 Å². The number of nitrogens with zero attached hydrogens (tertiary/aromatic N) is 4. The zero-order valence-electron chi connectivity index (χ0n) is 16.6. The van der Waals surface area contributed by atoms with Crippen LogP contribution >= 0.6 is 7.37 Å². The predicted molar refractivity (Wildman–Crippen MR) is 113 cm³/mol. The minimum absolute atomic E-state index is 0.353. The van der Waals surface area contributed by atoms with E-state index < -0.39 is 7.37 Å². The molecule has 2 aromatic heterocycles. The fraction of sp³-hybridized carbons (Fsp3) is 0.421. The van der Waals surface area contributed by atoms with E-state index in [1.807, 2.05) is 35.8 Å². The van der Waals surface area contributed by atoms with Gasteiger partial charge in [-0.1, -0.05) is 25.5 Å². The van der Waals surface area contributed by atoms with Crippen LogP contribution in [0.3, 0.4) is 0 Å². The van der Waals surface area contributed by atoms with Crippen LogP contribution in [-0.4, -0.2) is 39.3 Å². The van der Waals surface area contributed by atoms with Crippen molar-refractivity contribution in [2.75, 3.05) is 30.9 Å². The third-order valence-electron chi connectivity index (χ3n) is 4.41. The van der Waals surface area contributed by atoms with Gasteiger partial charge in [0, 0.05) is 18.5 Å². The van der Waals surface area contributed by atoms with Crippen molar-refractivity contribution < 1.29 is 9.09 Å². The highest BCUT2D eigenvalue weighted by Crippen LogP contribution is 2.41. The van der Waals surface area contributed by atoms with Crippen LogP contribution in [0, 0.1) is 0 Å². The Morgan fingerprint density at radius 1 is 1.29 bits per heavy atom. The fourth-order valence-electron chi connectivity index (χ4n) is 2.96. The molecule has 0 fully saturated rings. The number of nitrogens with one attached hydrogen (secondary N) is 1. The van der Waals surface area contributed by atoms with Crippen LogP contribution in [0.1, 0.15) is 32.3 Å². The highest BCUT2D eigenvalue weighted by Gasteiger charge is 2.19. The minimum Gasteiger partial charge on any atom is -0.382 e. The molecule has 1 unspecified atom stereocenters. The van der Waals surface area contributed by atoms with Gasteiger partial charge in [-0.25, -0.2) is 4.98 Å². The van der Waals surface area contributed by atoms with Gasteiger partial charge in [-0.05, 0) is 31.0 Å². The first kappa shape index (κ1) is 20.3. The topological polar surface area (TPSA) is 108 Å². The summed E-state index contributed by atoms with van der Waals surface area (Å²) in [5, 5.41) is 3.91. The average molecular weight is 402 g/mol. The van der Waals surface area contributed by atoms with Crippen molar-refractivity contribution in [1.82, 2.24) is 19.5 Å². The van der Waals surface area contributed by atoms with Crippen molar-refractivity contribution in [2.45, 2.75) is 33.2 Å². The number of benzene rings is 1. The van der Waals surface area contributed by atoms with Gasteiger partial charge in [0.1, 0.15) is 5.52 Å². The number of aromatic nitrogens is 4. The summed E-state index contributed by atoms with van der Waals surface area (Å²) >= 11 is 0. The predicted octanol–water partition coefficient (Wildman–Crippen LogP) is 3.24. The van der Waals surface area contributed by atoms with Gasteiger partial charge in [-0.3, -0.25) is 4.57 Å². The van der Waals surface area contributed by atoms with E-state index in [1.54, 1.807) is 13.0 Å². The second-order valence-corrected chi connectivity index (χ2v) is 9.16. The summed E-state index contributed by atoms with van der Waals surface area (Å²) in [6.45, 7) is 7.35. The summed E-state index contributed by atoms with van der Waals surface area (Å²) < 4.78 is 20.1. The van der Waals surface area contributed by atoms with E-state index in [0.717, 1.165) is 24.9 Å². The molecule has 2 heterocycles. The molecule has 0 amide bonds. The number of anilines is 2. The molecule has 0 spiro atoms. The first-order valence-electron chi connectivity index (χ1n) is 9.48.